The summed E-state index contributed by atoms with van der Waals surface area (Å²) in [5, 5.41) is 6.78. The first-order chi connectivity index (χ1) is 15.0. The summed E-state index contributed by atoms with van der Waals surface area (Å²) in [6.45, 7) is 4.36. The molecule has 3 nitrogen and oxygen atoms in total. The van der Waals surface area contributed by atoms with Gasteiger partial charge in [0.25, 0.3) is 0 Å². The Morgan fingerprint density at radius 1 is 1.00 bits per heavy atom. The fourth-order valence-electron chi connectivity index (χ4n) is 3.05. The molecule has 0 aliphatic heterocycles. The van der Waals surface area contributed by atoms with E-state index >= 15 is 0 Å². The largest absolute Gasteiger partial charge is 0.220 e. The predicted molar refractivity (Wildman–Crippen MR) is 131 cm³/mol. The molecule has 4 aromatic rings. The van der Waals surface area contributed by atoms with Crippen molar-refractivity contribution in [1.29, 1.82) is 0 Å². The van der Waals surface area contributed by atoms with Gasteiger partial charge in [0.05, 0.1) is 17.6 Å². The zero-order valence-corrected chi connectivity index (χ0v) is 19.6. The molecular formula is C25H21BrFN3S. The monoisotopic (exact) mass is 493 g/mol. The van der Waals surface area contributed by atoms with Crippen molar-refractivity contribution in [2.75, 3.05) is 0 Å². The molecule has 0 saturated heterocycles. The van der Waals surface area contributed by atoms with Crippen LogP contribution in [-0.4, -0.2) is 10.9 Å². The van der Waals surface area contributed by atoms with Gasteiger partial charge in [0.1, 0.15) is 5.82 Å². The molecular weight excluding hydrogens is 473 g/mol. The Bertz CT molecular complexity index is 1270. The first-order valence-corrected chi connectivity index (χ1v) is 11.6. The average Bonchev–Trinajstić information content (AvgIpc) is 3.16. The van der Waals surface area contributed by atoms with E-state index in [1.807, 2.05) is 40.5 Å². The van der Waals surface area contributed by atoms with E-state index in [-0.39, 0.29) is 5.82 Å². The van der Waals surface area contributed by atoms with Crippen molar-refractivity contribution in [1.82, 2.24) is 4.68 Å². The van der Waals surface area contributed by atoms with E-state index in [4.69, 9.17) is 5.10 Å². The summed E-state index contributed by atoms with van der Waals surface area (Å²) in [4.78, 5) is 5.39. The number of hydrogen-bond donors (Lipinski definition) is 0. The Morgan fingerprint density at radius 3 is 2.42 bits per heavy atom. The van der Waals surface area contributed by atoms with Gasteiger partial charge >= 0.3 is 0 Å². The third-order valence-corrected chi connectivity index (χ3v) is 6.09. The van der Waals surface area contributed by atoms with Crippen LogP contribution in [0.1, 0.15) is 30.9 Å². The van der Waals surface area contributed by atoms with Crippen molar-refractivity contribution >= 4 is 39.2 Å². The van der Waals surface area contributed by atoms with Gasteiger partial charge in [-0.15, -0.1) is 11.3 Å². The molecule has 3 aromatic carbocycles. The van der Waals surface area contributed by atoms with Crippen LogP contribution in [0.5, 0.6) is 0 Å². The Morgan fingerprint density at radius 2 is 1.74 bits per heavy atom. The molecule has 0 radical (unpaired) electrons. The second kappa shape index (κ2) is 9.54. The minimum atomic E-state index is -0.282. The highest BCUT2D eigenvalue weighted by Gasteiger charge is 2.08. The zero-order chi connectivity index (χ0) is 21.8. The lowest BCUT2D eigenvalue weighted by Gasteiger charge is -2.06. The lowest BCUT2D eigenvalue weighted by molar-refractivity contribution is 0.628. The molecule has 1 aromatic heterocycles. The number of aromatic nitrogens is 1. The van der Waals surface area contributed by atoms with Crippen LogP contribution in [0.3, 0.4) is 0 Å². The Balaban J connectivity index is 1.79. The number of hydrogen-bond acceptors (Lipinski definition) is 3. The first-order valence-electron chi connectivity index (χ1n) is 9.91. The molecule has 0 amide bonds. The summed E-state index contributed by atoms with van der Waals surface area (Å²) in [5.41, 5.74) is 4.94. The van der Waals surface area contributed by atoms with E-state index in [1.54, 1.807) is 12.1 Å². The number of nitrogens with zero attached hydrogens (tertiary/aromatic N) is 3. The van der Waals surface area contributed by atoms with Crippen molar-refractivity contribution in [3.05, 3.63) is 104 Å². The minimum absolute atomic E-state index is 0.282. The van der Waals surface area contributed by atoms with E-state index in [9.17, 15) is 4.39 Å². The van der Waals surface area contributed by atoms with Crippen LogP contribution in [0, 0.1) is 5.82 Å². The van der Waals surface area contributed by atoms with Crippen molar-refractivity contribution in [3.8, 4) is 11.3 Å². The molecule has 4 rings (SSSR count). The number of halogens is 2. The molecule has 0 aliphatic carbocycles. The SMILES string of the molecule is CC(C)c1ccc(C=Nn2c(-c3cccc(Br)c3)csc2=Nc2ccc(F)cc2)cc1. The molecule has 0 spiro atoms. The van der Waals surface area contributed by atoms with Gasteiger partial charge in [-0.1, -0.05) is 66.2 Å². The molecule has 0 aliphatic rings. The van der Waals surface area contributed by atoms with Crippen LogP contribution < -0.4 is 4.80 Å². The topological polar surface area (TPSA) is 29.6 Å². The quantitative estimate of drug-likeness (QED) is 0.260. The Hall–Kier alpha value is -2.83. The van der Waals surface area contributed by atoms with Gasteiger partial charge in [-0.25, -0.2) is 14.1 Å². The molecule has 0 unspecified atom stereocenters. The van der Waals surface area contributed by atoms with Crippen molar-refractivity contribution in [2.45, 2.75) is 19.8 Å². The first kappa shape index (κ1) is 21.4. The minimum Gasteiger partial charge on any atom is -0.220 e. The maximum absolute atomic E-state index is 13.3. The van der Waals surface area contributed by atoms with Gasteiger partial charge in [0.15, 0.2) is 0 Å². The molecule has 6 heteroatoms. The van der Waals surface area contributed by atoms with Gasteiger partial charge in [0, 0.05) is 15.4 Å². The highest BCUT2D eigenvalue weighted by molar-refractivity contribution is 9.10. The maximum Gasteiger partial charge on any atom is 0.211 e. The molecule has 0 bridgehead atoms. The summed E-state index contributed by atoms with van der Waals surface area (Å²) in [7, 11) is 0. The second-order valence-electron chi connectivity index (χ2n) is 7.38. The third kappa shape index (κ3) is 5.27. The van der Waals surface area contributed by atoms with Crippen LogP contribution in [0.15, 0.2) is 92.7 Å². The van der Waals surface area contributed by atoms with Gasteiger partial charge in [-0.3, -0.25) is 0 Å². The van der Waals surface area contributed by atoms with Crippen LogP contribution in [0.4, 0.5) is 10.1 Å². The molecule has 156 valence electrons. The van der Waals surface area contributed by atoms with Gasteiger partial charge in [-0.2, -0.15) is 5.10 Å². The average molecular weight is 494 g/mol. The molecule has 0 fully saturated rings. The predicted octanol–water partition coefficient (Wildman–Crippen LogP) is 7.36. The Kier molecular flexibility index (Phi) is 6.59. The highest BCUT2D eigenvalue weighted by Crippen LogP contribution is 2.24. The van der Waals surface area contributed by atoms with Crippen LogP contribution >= 0.6 is 27.3 Å². The number of benzene rings is 3. The second-order valence-corrected chi connectivity index (χ2v) is 9.13. The normalized spacial score (nSPS) is 12.2. The maximum atomic E-state index is 13.3. The summed E-state index contributed by atoms with van der Waals surface area (Å²) in [5.74, 6) is 0.206. The number of rotatable bonds is 5. The number of thiazole rings is 1. The summed E-state index contributed by atoms with van der Waals surface area (Å²) >= 11 is 5.03. The van der Waals surface area contributed by atoms with Gasteiger partial charge < -0.3 is 0 Å². The fraction of sp³-hybridized carbons (Fsp3) is 0.120. The van der Waals surface area contributed by atoms with E-state index < -0.39 is 0 Å². The molecule has 0 atom stereocenters. The molecule has 31 heavy (non-hydrogen) atoms. The summed E-state index contributed by atoms with van der Waals surface area (Å²) in [6, 6.07) is 22.6. The lowest BCUT2D eigenvalue weighted by Crippen LogP contribution is -2.11. The van der Waals surface area contributed by atoms with E-state index in [2.05, 4.69) is 59.0 Å². The van der Waals surface area contributed by atoms with Crippen molar-refractivity contribution < 1.29 is 4.39 Å². The van der Waals surface area contributed by atoms with Crippen LogP contribution in [0.2, 0.25) is 0 Å². The lowest BCUT2D eigenvalue weighted by atomic mass is 10.0. The van der Waals surface area contributed by atoms with E-state index in [0.29, 0.717) is 16.4 Å². The van der Waals surface area contributed by atoms with Crippen molar-refractivity contribution in [2.24, 2.45) is 10.1 Å². The zero-order valence-electron chi connectivity index (χ0n) is 17.2. The Labute approximate surface area is 193 Å². The summed E-state index contributed by atoms with van der Waals surface area (Å²) in [6.07, 6.45) is 1.84. The molecule has 0 N–H and O–H groups in total. The van der Waals surface area contributed by atoms with Crippen molar-refractivity contribution in [3.63, 3.8) is 0 Å². The van der Waals surface area contributed by atoms with E-state index in [1.165, 1.54) is 29.0 Å². The van der Waals surface area contributed by atoms with Gasteiger partial charge in [-0.05, 0) is 53.4 Å². The standard InChI is InChI=1S/C25H21BrFN3S/c1-17(2)19-8-6-18(7-9-19)15-28-30-24(20-4-3-5-21(26)14-20)16-31-25(30)29-23-12-10-22(27)11-13-23/h3-17H,1-2H3. The van der Waals surface area contributed by atoms with Crippen LogP contribution in [-0.2, 0) is 0 Å². The summed E-state index contributed by atoms with van der Waals surface area (Å²) < 4.78 is 16.1. The van der Waals surface area contributed by atoms with E-state index in [0.717, 1.165) is 21.3 Å². The van der Waals surface area contributed by atoms with Gasteiger partial charge in [0.2, 0.25) is 4.80 Å². The molecule has 1 heterocycles. The fourth-order valence-corrected chi connectivity index (χ4v) is 4.31. The molecule has 0 saturated carbocycles. The highest BCUT2D eigenvalue weighted by atomic mass is 79.9. The smallest absolute Gasteiger partial charge is 0.211 e. The third-order valence-electron chi connectivity index (χ3n) is 4.78. The van der Waals surface area contributed by atoms with Crippen LogP contribution in [0.25, 0.3) is 11.3 Å².